The maximum atomic E-state index is 12.1. The van der Waals surface area contributed by atoms with Crippen LogP contribution in [0.5, 0.6) is 5.75 Å². The maximum absolute atomic E-state index is 12.1. The number of furan rings is 1. The summed E-state index contributed by atoms with van der Waals surface area (Å²) in [6, 6.07) is 8.00. The van der Waals surface area contributed by atoms with E-state index in [1.54, 1.807) is 24.3 Å². The Labute approximate surface area is 128 Å². The quantitative estimate of drug-likeness (QED) is 0.338. The van der Waals surface area contributed by atoms with E-state index in [4.69, 9.17) is 20.1 Å². The Morgan fingerprint density at radius 2 is 2.19 bits per heavy atom. The van der Waals surface area contributed by atoms with E-state index >= 15 is 0 Å². The zero-order valence-corrected chi connectivity index (χ0v) is 12.5. The zero-order valence-electron chi connectivity index (χ0n) is 11.0. The van der Waals surface area contributed by atoms with Crippen LogP contribution in [0, 0.1) is 0 Å². The maximum Gasteiger partial charge on any atom is 0.291 e. The minimum absolute atomic E-state index is 0.109. The van der Waals surface area contributed by atoms with Gasteiger partial charge >= 0.3 is 0 Å². The molecule has 1 aromatic heterocycles. The number of oxime groups is 1. The summed E-state index contributed by atoms with van der Waals surface area (Å²) < 4.78 is 10.8. The number of anilines is 1. The van der Waals surface area contributed by atoms with Crippen molar-refractivity contribution in [2.45, 2.75) is 0 Å². The van der Waals surface area contributed by atoms with Gasteiger partial charge in [-0.15, -0.1) is 0 Å². The number of ether oxygens (including phenoxy) is 1. The molecule has 2 aromatic rings. The average molecular weight is 354 g/mol. The lowest BCUT2D eigenvalue weighted by Crippen LogP contribution is -2.19. The van der Waals surface area contributed by atoms with Crippen LogP contribution in [0.25, 0.3) is 0 Å². The minimum atomic E-state index is -0.489. The molecule has 1 heterocycles. The Balaban J connectivity index is 2.40. The van der Waals surface area contributed by atoms with Gasteiger partial charge < -0.3 is 25.4 Å². The van der Waals surface area contributed by atoms with E-state index in [0.29, 0.717) is 16.0 Å². The molecule has 8 heteroatoms. The monoisotopic (exact) mass is 353 g/mol. The first-order chi connectivity index (χ1) is 10.1. The van der Waals surface area contributed by atoms with Crippen LogP contribution >= 0.6 is 15.9 Å². The van der Waals surface area contributed by atoms with Crippen LogP contribution in [-0.2, 0) is 0 Å². The molecule has 0 unspecified atom stereocenters. The molecule has 0 saturated heterocycles. The number of rotatable bonds is 4. The zero-order chi connectivity index (χ0) is 15.4. The van der Waals surface area contributed by atoms with Crippen LogP contribution in [0.1, 0.15) is 16.1 Å². The molecule has 0 aliphatic heterocycles. The smallest absolute Gasteiger partial charge is 0.291 e. The molecule has 0 bridgehead atoms. The highest BCUT2D eigenvalue weighted by Gasteiger charge is 2.18. The van der Waals surface area contributed by atoms with E-state index in [9.17, 15) is 4.79 Å². The number of benzene rings is 1. The van der Waals surface area contributed by atoms with Gasteiger partial charge in [0.1, 0.15) is 5.75 Å². The van der Waals surface area contributed by atoms with Crippen LogP contribution in [0.2, 0.25) is 0 Å². The van der Waals surface area contributed by atoms with Crippen molar-refractivity contribution >= 4 is 33.4 Å². The highest BCUT2D eigenvalue weighted by molar-refractivity contribution is 9.10. The highest BCUT2D eigenvalue weighted by Crippen LogP contribution is 2.29. The molecule has 2 rings (SSSR count). The predicted molar refractivity (Wildman–Crippen MR) is 79.9 cm³/mol. The third kappa shape index (κ3) is 3.16. The summed E-state index contributed by atoms with van der Waals surface area (Å²) >= 11 is 3.12. The summed E-state index contributed by atoms with van der Waals surface area (Å²) in [5, 5.41) is 14.4. The summed E-state index contributed by atoms with van der Waals surface area (Å²) in [7, 11) is 1.45. The third-order valence-electron chi connectivity index (χ3n) is 2.67. The summed E-state index contributed by atoms with van der Waals surface area (Å²) in [4.78, 5) is 12.1. The molecule has 1 amide bonds. The molecule has 110 valence electrons. The SMILES string of the molecule is COc1cccc(/C(N)=N/O)c1NC(=O)c1ccc(Br)o1. The largest absolute Gasteiger partial charge is 0.495 e. The number of nitrogens with two attached hydrogens (primary N) is 1. The number of hydrogen-bond acceptors (Lipinski definition) is 5. The number of nitrogens with one attached hydrogen (secondary N) is 1. The van der Waals surface area contributed by atoms with Crippen molar-refractivity contribution < 1.29 is 19.2 Å². The van der Waals surface area contributed by atoms with Gasteiger partial charge in [-0.25, -0.2) is 0 Å². The molecule has 7 nitrogen and oxygen atoms in total. The van der Waals surface area contributed by atoms with E-state index in [1.165, 1.54) is 13.2 Å². The lowest BCUT2D eigenvalue weighted by Gasteiger charge is -2.13. The molecule has 0 radical (unpaired) electrons. The highest BCUT2D eigenvalue weighted by atomic mass is 79.9. The van der Waals surface area contributed by atoms with Crippen molar-refractivity contribution in [2.75, 3.05) is 12.4 Å². The summed E-state index contributed by atoms with van der Waals surface area (Å²) in [5.74, 6) is -0.154. The van der Waals surface area contributed by atoms with Crippen molar-refractivity contribution in [1.29, 1.82) is 0 Å². The first-order valence-electron chi connectivity index (χ1n) is 5.78. The van der Waals surface area contributed by atoms with Gasteiger partial charge in [0, 0.05) is 5.56 Å². The van der Waals surface area contributed by atoms with Crippen molar-refractivity contribution in [3.63, 3.8) is 0 Å². The van der Waals surface area contributed by atoms with Gasteiger partial charge in [-0.2, -0.15) is 0 Å². The van der Waals surface area contributed by atoms with E-state index in [0.717, 1.165) is 0 Å². The number of halogens is 1. The summed E-state index contributed by atoms with van der Waals surface area (Å²) in [6.45, 7) is 0. The van der Waals surface area contributed by atoms with Gasteiger partial charge in [-0.1, -0.05) is 11.2 Å². The van der Waals surface area contributed by atoms with E-state index < -0.39 is 5.91 Å². The number of nitrogens with zero attached hydrogens (tertiary/aromatic N) is 1. The normalized spacial score (nSPS) is 11.2. The first-order valence-corrected chi connectivity index (χ1v) is 6.57. The van der Waals surface area contributed by atoms with Crippen molar-refractivity contribution in [3.8, 4) is 5.75 Å². The lowest BCUT2D eigenvalue weighted by molar-refractivity contribution is 0.0995. The molecule has 0 spiro atoms. The number of carbonyl (C=O) groups excluding carboxylic acids is 1. The number of methoxy groups -OCH3 is 1. The number of para-hydroxylation sites is 1. The number of carbonyl (C=O) groups is 1. The van der Waals surface area contributed by atoms with Gasteiger partial charge in [0.25, 0.3) is 5.91 Å². The molecular formula is C13H12BrN3O4. The van der Waals surface area contributed by atoms with E-state index in [2.05, 4.69) is 26.4 Å². The molecule has 0 atom stereocenters. The fraction of sp³-hybridized carbons (Fsp3) is 0.0769. The Morgan fingerprint density at radius 3 is 2.76 bits per heavy atom. The second-order valence-corrected chi connectivity index (χ2v) is 4.71. The van der Waals surface area contributed by atoms with Gasteiger partial charge in [0.05, 0.1) is 12.8 Å². The Morgan fingerprint density at radius 1 is 1.43 bits per heavy atom. The number of amidine groups is 1. The van der Waals surface area contributed by atoms with Crippen molar-refractivity contribution in [2.24, 2.45) is 10.9 Å². The molecule has 0 aliphatic carbocycles. The third-order valence-corrected chi connectivity index (χ3v) is 3.09. The van der Waals surface area contributed by atoms with Gasteiger partial charge in [-0.05, 0) is 40.2 Å². The first kappa shape index (κ1) is 14.9. The molecule has 0 fully saturated rings. The van der Waals surface area contributed by atoms with Gasteiger partial charge in [-0.3, -0.25) is 4.79 Å². The van der Waals surface area contributed by atoms with Gasteiger partial charge in [0.2, 0.25) is 0 Å². The summed E-state index contributed by atoms with van der Waals surface area (Å²) in [6.07, 6.45) is 0. The molecule has 21 heavy (non-hydrogen) atoms. The minimum Gasteiger partial charge on any atom is -0.495 e. The Hall–Kier alpha value is -2.48. The molecule has 4 N–H and O–H groups in total. The van der Waals surface area contributed by atoms with E-state index in [-0.39, 0.29) is 17.3 Å². The van der Waals surface area contributed by atoms with Crippen LogP contribution in [0.3, 0.4) is 0 Å². The Bertz CT molecular complexity index is 696. The van der Waals surface area contributed by atoms with Crippen LogP contribution < -0.4 is 15.8 Å². The lowest BCUT2D eigenvalue weighted by atomic mass is 10.1. The van der Waals surface area contributed by atoms with Crippen molar-refractivity contribution in [1.82, 2.24) is 0 Å². The number of amides is 1. The second kappa shape index (κ2) is 6.31. The Kier molecular flexibility index (Phi) is 4.49. The second-order valence-electron chi connectivity index (χ2n) is 3.93. The fourth-order valence-corrected chi connectivity index (χ4v) is 2.02. The molecular weight excluding hydrogens is 342 g/mol. The van der Waals surface area contributed by atoms with Crippen LogP contribution in [-0.4, -0.2) is 24.1 Å². The molecule has 1 aromatic carbocycles. The van der Waals surface area contributed by atoms with E-state index in [1.807, 2.05) is 0 Å². The number of hydrogen-bond donors (Lipinski definition) is 3. The van der Waals surface area contributed by atoms with Crippen LogP contribution in [0.15, 0.2) is 44.6 Å². The summed E-state index contributed by atoms with van der Waals surface area (Å²) in [5.41, 5.74) is 6.21. The van der Waals surface area contributed by atoms with Crippen LogP contribution in [0.4, 0.5) is 5.69 Å². The van der Waals surface area contributed by atoms with Gasteiger partial charge in [0.15, 0.2) is 16.3 Å². The van der Waals surface area contributed by atoms with Crippen molar-refractivity contribution in [3.05, 3.63) is 46.3 Å². The molecule has 0 saturated carbocycles. The molecule has 0 aliphatic rings. The predicted octanol–water partition coefficient (Wildman–Crippen LogP) is 2.40. The standard InChI is InChI=1S/C13H12BrN3O4/c1-20-8-4-2-3-7(12(15)17-19)11(8)16-13(18)9-5-6-10(14)21-9/h2-6,19H,1H3,(H2,15,17)(H,16,18). The topological polar surface area (TPSA) is 110 Å². The fourth-order valence-electron chi connectivity index (χ4n) is 1.71. The average Bonchev–Trinajstić information content (AvgIpc) is 2.93.